The maximum Gasteiger partial charge on any atom is 0.233 e. The molecular formula is C16H30N2O2S. The van der Waals surface area contributed by atoms with Crippen LogP contribution >= 0.6 is 12.2 Å². The number of hydrogen-bond donors (Lipinski definition) is 2. The maximum atomic E-state index is 12.5. The topological polar surface area (TPSA) is 64.3 Å². The molecule has 1 rings (SSSR count). The summed E-state index contributed by atoms with van der Waals surface area (Å²) in [4.78, 5) is 12.9. The zero-order valence-corrected chi connectivity index (χ0v) is 14.3. The average molecular weight is 314 g/mol. The predicted molar refractivity (Wildman–Crippen MR) is 90.2 cm³/mol. The molecule has 0 unspecified atom stereocenters. The van der Waals surface area contributed by atoms with Crippen molar-refractivity contribution in [3.63, 3.8) is 0 Å². The second kappa shape index (κ2) is 9.36. The van der Waals surface area contributed by atoms with Crippen molar-refractivity contribution in [1.29, 1.82) is 0 Å². The summed E-state index contributed by atoms with van der Waals surface area (Å²) in [6.45, 7) is 6.32. The lowest BCUT2D eigenvalue weighted by molar-refractivity contribution is -0.128. The fourth-order valence-electron chi connectivity index (χ4n) is 2.78. The number of nitrogens with one attached hydrogen (secondary N) is 1. The first-order valence-corrected chi connectivity index (χ1v) is 8.56. The molecule has 4 nitrogen and oxygen atoms in total. The third-order valence-corrected chi connectivity index (χ3v) is 4.46. The third kappa shape index (κ3) is 5.91. The molecule has 0 bridgehead atoms. The van der Waals surface area contributed by atoms with E-state index in [1.54, 1.807) is 0 Å². The van der Waals surface area contributed by atoms with E-state index in [1.807, 2.05) is 0 Å². The molecular weight excluding hydrogens is 284 g/mol. The SMILES string of the molecule is CC(C)COCCCNC(=O)C1(C(N)=S)CCCCCC1. The minimum absolute atomic E-state index is 0.0146. The number of carbonyl (C=O) groups excluding carboxylic acids is 1. The van der Waals surface area contributed by atoms with E-state index in [0.29, 0.717) is 24.1 Å². The van der Waals surface area contributed by atoms with Gasteiger partial charge in [-0.2, -0.15) is 0 Å². The number of hydrogen-bond acceptors (Lipinski definition) is 3. The Morgan fingerprint density at radius 1 is 1.29 bits per heavy atom. The monoisotopic (exact) mass is 314 g/mol. The number of thiocarbonyl (C=S) groups is 1. The normalized spacial score (nSPS) is 18.2. The highest BCUT2D eigenvalue weighted by molar-refractivity contribution is 7.80. The molecule has 0 atom stereocenters. The van der Waals surface area contributed by atoms with Crippen LogP contribution in [0.4, 0.5) is 0 Å². The van der Waals surface area contributed by atoms with Crippen LogP contribution in [0, 0.1) is 11.3 Å². The standard InChI is InChI=1S/C16H30N2O2S/c1-13(2)12-20-11-7-10-18-15(19)16(14(17)21)8-5-3-4-6-9-16/h13H,3-12H2,1-2H3,(H2,17,21)(H,18,19). The lowest BCUT2D eigenvalue weighted by Gasteiger charge is -2.30. The molecule has 0 heterocycles. The van der Waals surface area contributed by atoms with Crippen LogP contribution in [0.15, 0.2) is 0 Å². The van der Waals surface area contributed by atoms with E-state index in [9.17, 15) is 4.79 Å². The molecule has 0 aliphatic heterocycles. The van der Waals surface area contributed by atoms with Gasteiger partial charge in [0.05, 0.1) is 10.4 Å². The van der Waals surface area contributed by atoms with E-state index in [-0.39, 0.29) is 5.91 Å². The van der Waals surface area contributed by atoms with E-state index in [0.717, 1.165) is 38.7 Å². The number of rotatable bonds is 8. The summed E-state index contributed by atoms with van der Waals surface area (Å²) >= 11 is 5.21. The fourth-order valence-corrected chi connectivity index (χ4v) is 3.08. The molecule has 21 heavy (non-hydrogen) atoms. The van der Waals surface area contributed by atoms with Crippen molar-refractivity contribution in [2.24, 2.45) is 17.1 Å². The minimum atomic E-state index is -0.620. The van der Waals surface area contributed by atoms with Gasteiger partial charge in [-0.15, -0.1) is 0 Å². The zero-order valence-electron chi connectivity index (χ0n) is 13.5. The van der Waals surface area contributed by atoms with Gasteiger partial charge in [0.2, 0.25) is 5.91 Å². The van der Waals surface area contributed by atoms with Crippen LogP contribution < -0.4 is 11.1 Å². The van der Waals surface area contributed by atoms with Crippen molar-refractivity contribution in [1.82, 2.24) is 5.32 Å². The number of amides is 1. The van der Waals surface area contributed by atoms with Crippen LogP contribution in [0.3, 0.4) is 0 Å². The summed E-state index contributed by atoms with van der Waals surface area (Å²) in [5.41, 5.74) is 5.28. The van der Waals surface area contributed by atoms with Gasteiger partial charge in [-0.05, 0) is 25.2 Å². The maximum absolute atomic E-state index is 12.5. The van der Waals surface area contributed by atoms with E-state index in [1.165, 1.54) is 12.8 Å². The van der Waals surface area contributed by atoms with Gasteiger partial charge in [-0.3, -0.25) is 4.79 Å². The highest BCUT2D eigenvalue weighted by Crippen LogP contribution is 2.35. The Hall–Kier alpha value is -0.680. The van der Waals surface area contributed by atoms with Crippen LogP contribution in [0.5, 0.6) is 0 Å². The summed E-state index contributed by atoms with van der Waals surface area (Å²) in [7, 11) is 0. The first kappa shape index (κ1) is 18.4. The van der Waals surface area contributed by atoms with Crippen molar-refractivity contribution in [2.75, 3.05) is 19.8 Å². The van der Waals surface area contributed by atoms with Crippen LogP contribution in [0.2, 0.25) is 0 Å². The van der Waals surface area contributed by atoms with Gasteiger partial charge >= 0.3 is 0 Å². The molecule has 3 N–H and O–H groups in total. The second-order valence-corrected chi connectivity index (χ2v) is 6.88. The first-order chi connectivity index (χ1) is 9.99. The number of nitrogens with two attached hydrogens (primary N) is 1. The molecule has 1 aliphatic rings. The van der Waals surface area contributed by atoms with Gasteiger partial charge in [0.25, 0.3) is 0 Å². The number of ether oxygens (including phenoxy) is 1. The molecule has 5 heteroatoms. The Bertz CT molecular complexity index is 337. The molecule has 0 saturated heterocycles. The number of carbonyl (C=O) groups is 1. The Labute approximate surface area is 134 Å². The largest absolute Gasteiger partial charge is 0.392 e. The predicted octanol–water partition coefficient (Wildman–Crippen LogP) is 2.79. The molecule has 0 aromatic heterocycles. The van der Waals surface area contributed by atoms with Crippen molar-refractivity contribution < 1.29 is 9.53 Å². The van der Waals surface area contributed by atoms with Crippen molar-refractivity contribution in [3.8, 4) is 0 Å². The Morgan fingerprint density at radius 3 is 2.43 bits per heavy atom. The van der Waals surface area contributed by atoms with Crippen LogP contribution in [-0.4, -0.2) is 30.7 Å². The Morgan fingerprint density at radius 2 is 1.90 bits per heavy atom. The first-order valence-electron chi connectivity index (χ1n) is 8.15. The summed E-state index contributed by atoms with van der Waals surface area (Å²) in [5.74, 6) is 0.559. The van der Waals surface area contributed by atoms with Gasteiger partial charge in [0, 0.05) is 19.8 Å². The molecule has 0 aromatic carbocycles. The smallest absolute Gasteiger partial charge is 0.233 e. The van der Waals surface area contributed by atoms with Gasteiger partial charge in [-0.25, -0.2) is 0 Å². The molecule has 1 amide bonds. The van der Waals surface area contributed by atoms with Crippen LogP contribution in [0.25, 0.3) is 0 Å². The molecule has 0 aromatic rings. The highest BCUT2D eigenvalue weighted by atomic mass is 32.1. The molecule has 1 fully saturated rings. The highest BCUT2D eigenvalue weighted by Gasteiger charge is 2.41. The Balaban J connectivity index is 2.38. The van der Waals surface area contributed by atoms with Gasteiger partial charge in [0.15, 0.2) is 0 Å². The van der Waals surface area contributed by atoms with E-state index in [2.05, 4.69) is 19.2 Å². The van der Waals surface area contributed by atoms with E-state index in [4.69, 9.17) is 22.7 Å². The summed E-state index contributed by atoms with van der Waals surface area (Å²) in [6, 6.07) is 0. The summed E-state index contributed by atoms with van der Waals surface area (Å²) in [5, 5.41) is 3.00. The second-order valence-electron chi connectivity index (χ2n) is 6.44. The molecule has 1 saturated carbocycles. The van der Waals surface area contributed by atoms with Crippen molar-refractivity contribution in [3.05, 3.63) is 0 Å². The quantitative estimate of drug-likeness (QED) is 0.411. The Kier molecular flexibility index (Phi) is 8.19. The van der Waals surface area contributed by atoms with Gasteiger partial charge in [0.1, 0.15) is 0 Å². The van der Waals surface area contributed by atoms with Crippen LogP contribution in [-0.2, 0) is 9.53 Å². The minimum Gasteiger partial charge on any atom is -0.392 e. The third-order valence-electron chi connectivity index (χ3n) is 4.07. The lowest BCUT2D eigenvalue weighted by atomic mass is 9.79. The van der Waals surface area contributed by atoms with Gasteiger partial charge in [-0.1, -0.05) is 51.7 Å². The van der Waals surface area contributed by atoms with Crippen molar-refractivity contribution in [2.45, 2.75) is 58.8 Å². The summed E-state index contributed by atoms with van der Waals surface area (Å²) in [6.07, 6.45) is 6.80. The fraction of sp³-hybridized carbons (Fsp3) is 0.875. The van der Waals surface area contributed by atoms with Crippen LogP contribution in [0.1, 0.15) is 58.8 Å². The van der Waals surface area contributed by atoms with Crippen molar-refractivity contribution >= 4 is 23.1 Å². The molecule has 0 radical (unpaired) electrons. The van der Waals surface area contributed by atoms with E-state index >= 15 is 0 Å². The van der Waals surface area contributed by atoms with E-state index < -0.39 is 5.41 Å². The average Bonchev–Trinajstić information content (AvgIpc) is 2.68. The van der Waals surface area contributed by atoms with Gasteiger partial charge < -0.3 is 15.8 Å². The lowest BCUT2D eigenvalue weighted by Crippen LogP contribution is -2.49. The molecule has 0 spiro atoms. The molecule has 122 valence electrons. The summed E-state index contributed by atoms with van der Waals surface area (Å²) < 4.78 is 5.51. The molecule has 1 aliphatic carbocycles. The zero-order chi connectivity index (χ0) is 15.7.